The number of hydrogen-bond donors (Lipinski definition) is 3. The van der Waals surface area contributed by atoms with E-state index >= 15 is 0 Å². The lowest BCUT2D eigenvalue weighted by atomic mass is 10.1. The highest BCUT2D eigenvalue weighted by Crippen LogP contribution is 2.25. The summed E-state index contributed by atoms with van der Waals surface area (Å²) in [6.07, 6.45) is 0. The summed E-state index contributed by atoms with van der Waals surface area (Å²) in [6, 6.07) is 16.3. The Morgan fingerprint density at radius 2 is 1.69 bits per heavy atom. The zero-order valence-electron chi connectivity index (χ0n) is 15.1. The number of carbonyl (C=O) groups excluding carboxylic acids is 2. The van der Waals surface area contributed by atoms with Gasteiger partial charge in [0.2, 0.25) is 11.8 Å². The van der Waals surface area contributed by atoms with Gasteiger partial charge < -0.3 is 20.7 Å². The van der Waals surface area contributed by atoms with Crippen molar-refractivity contribution in [1.29, 1.82) is 0 Å². The number of para-hydroxylation sites is 2. The molecule has 0 unspecified atom stereocenters. The second-order valence-corrected chi connectivity index (χ2v) is 5.70. The minimum Gasteiger partial charge on any atom is -0.492 e. The van der Waals surface area contributed by atoms with E-state index in [9.17, 15) is 9.59 Å². The molecule has 0 aliphatic carbocycles. The van der Waals surface area contributed by atoms with Crippen molar-refractivity contribution < 1.29 is 14.3 Å². The van der Waals surface area contributed by atoms with Crippen LogP contribution in [0.1, 0.15) is 25.5 Å². The Morgan fingerprint density at radius 1 is 1.00 bits per heavy atom. The summed E-state index contributed by atoms with van der Waals surface area (Å²) in [5.41, 5.74) is 1.48. The number of rotatable bonds is 9. The van der Waals surface area contributed by atoms with Gasteiger partial charge in [0.05, 0.1) is 12.3 Å². The number of nitrogens with one attached hydrogen (secondary N) is 3. The monoisotopic (exact) mass is 355 g/mol. The summed E-state index contributed by atoms with van der Waals surface area (Å²) < 4.78 is 5.57. The van der Waals surface area contributed by atoms with E-state index < -0.39 is 6.04 Å². The summed E-state index contributed by atoms with van der Waals surface area (Å²) in [5.74, 6) is 0.345. The molecule has 0 fully saturated rings. The van der Waals surface area contributed by atoms with Crippen molar-refractivity contribution in [2.75, 3.05) is 25.0 Å². The molecule has 6 heteroatoms. The number of ether oxygens (including phenoxy) is 1. The van der Waals surface area contributed by atoms with Crippen molar-refractivity contribution in [1.82, 2.24) is 10.6 Å². The number of anilines is 1. The summed E-state index contributed by atoms with van der Waals surface area (Å²) in [6.45, 7) is 4.80. The van der Waals surface area contributed by atoms with E-state index in [1.54, 1.807) is 0 Å². The second kappa shape index (κ2) is 10.2. The standard InChI is InChI=1S/C20H25N3O3/c1-3-26-18-12-8-7-11-17(18)23-20(25)19(16-9-5-4-6-10-16)22-14-13-21-15(2)24/h4-12,19,22H,3,13-14H2,1-2H3,(H,21,24)(H,23,25)/t19-/m1/s1. The minimum atomic E-state index is -0.542. The average molecular weight is 355 g/mol. The molecule has 0 bridgehead atoms. The summed E-state index contributed by atoms with van der Waals surface area (Å²) in [7, 11) is 0. The molecule has 1 atom stereocenters. The molecule has 2 aromatic carbocycles. The summed E-state index contributed by atoms with van der Waals surface area (Å²) >= 11 is 0. The van der Waals surface area contributed by atoms with Gasteiger partial charge in [0.1, 0.15) is 11.8 Å². The molecular weight excluding hydrogens is 330 g/mol. The van der Waals surface area contributed by atoms with Crippen LogP contribution in [0.5, 0.6) is 5.75 Å². The number of hydrogen-bond acceptors (Lipinski definition) is 4. The van der Waals surface area contributed by atoms with Crippen LogP contribution in [-0.2, 0) is 9.59 Å². The Kier molecular flexibility index (Phi) is 7.64. The van der Waals surface area contributed by atoms with Crippen molar-refractivity contribution in [3.05, 3.63) is 60.2 Å². The minimum absolute atomic E-state index is 0.0989. The molecule has 0 aliphatic heterocycles. The first kappa shape index (κ1) is 19.5. The zero-order chi connectivity index (χ0) is 18.8. The van der Waals surface area contributed by atoms with Gasteiger partial charge >= 0.3 is 0 Å². The van der Waals surface area contributed by atoms with Crippen LogP contribution >= 0.6 is 0 Å². The van der Waals surface area contributed by atoms with Crippen LogP contribution in [0.25, 0.3) is 0 Å². The highest BCUT2D eigenvalue weighted by molar-refractivity contribution is 5.96. The molecule has 0 saturated carbocycles. The fourth-order valence-corrected chi connectivity index (χ4v) is 2.52. The molecule has 26 heavy (non-hydrogen) atoms. The third kappa shape index (κ3) is 5.89. The van der Waals surface area contributed by atoms with E-state index in [0.29, 0.717) is 31.1 Å². The zero-order valence-corrected chi connectivity index (χ0v) is 15.1. The van der Waals surface area contributed by atoms with E-state index in [1.165, 1.54) is 6.92 Å². The first-order chi connectivity index (χ1) is 12.6. The fourth-order valence-electron chi connectivity index (χ4n) is 2.52. The van der Waals surface area contributed by atoms with E-state index in [-0.39, 0.29) is 11.8 Å². The molecule has 0 aliphatic rings. The fraction of sp³-hybridized carbons (Fsp3) is 0.300. The molecule has 2 rings (SSSR count). The Morgan fingerprint density at radius 3 is 2.38 bits per heavy atom. The Bertz CT molecular complexity index is 719. The lowest BCUT2D eigenvalue weighted by Crippen LogP contribution is -2.37. The number of carbonyl (C=O) groups is 2. The second-order valence-electron chi connectivity index (χ2n) is 5.70. The normalized spacial score (nSPS) is 11.5. The van der Waals surface area contributed by atoms with Crippen molar-refractivity contribution in [3.8, 4) is 5.75 Å². The molecule has 3 N–H and O–H groups in total. The van der Waals surface area contributed by atoms with Crippen LogP contribution in [0.4, 0.5) is 5.69 Å². The molecule has 2 amide bonds. The molecular formula is C20H25N3O3. The van der Waals surface area contributed by atoms with Crippen molar-refractivity contribution in [2.45, 2.75) is 19.9 Å². The van der Waals surface area contributed by atoms with Crippen molar-refractivity contribution >= 4 is 17.5 Å². The average Bonchev–Trinajstić information content (AvgIpc) is 2.64. The maximum atomic E-state index is 12.9. The predicted molar refractivity (Wildman–Crippen MR) is 102 cm³/mol. The predicted octanol–water partition coefficient (Wildman–Crippen LogP) is 2.49. The van der Waals surface area contributed by atoms with Gasteiger partial charge in [-0.05, 0) is 24.6 Å². The molecule has 0 heterocycles. The topological polar surface area (TPSA) is 79.5 Å². The first-order valence-corrected chi connectivity index (χ1v) is 8.67. The first-order valence-electron chi connectivity index (χ1n) is 8.67. The van der Waals surface area contributed by atoms with Crippen LogP contribution in [0, 0.1) is 0 Å². The molecule has 2 aromatic rings. The van der Waals surface area contributed by atoms with Gasteiger partial charge in [0.25, 0.3) is 0 Å². The van der Waals surface area contributed by atoms with Gasteiger partial charge in [-0.25, -0.2) is 0 Å². The van der Waals surface area contributed by atoms with E-state index in [4.69, 9.17) is 4.74 Å². The van der Waals surface area contributed by atoms with Gasteiger partial charge in [-0.3, -0.25) is 9.59 Å². The molecule has 6 nitrogen and oxygen atoms in total. The van der Waals surface area contributed by atoms with Crippen molar-refractivity contribution in [2.24, 2.45) is 0 Å². The highest BCUT2D eigenvalue weighted by Gasteiger charge is 2.21. The Labute approximate surface area is 153 Å². The van der Waals surface area contributed by atoms with Gasteiger partial charge in [-0.2, -0.15) is 0 Å². The lowest BCUT2D eigenvalue weighted by Gasteiger charge is -2.20. The van der Waals surface area contributed by atoms with Crippen LogP contribution in [-0.4, -0.2) is 31.5 Å². The maximum Gasteiger partial charge on any atom is 0.246 e. The summed E-state index contributed by atoms with van der Waals surface area (Å²) in [4.78, 5) is 23.9. The van der Waals surface area contributed by atoms with Gasteiger partial charge in [0, 0.05) is 20.0 Å². The van der Waals surface area contributed by atoms with E-state index in [0.717, 1.165) is 5.56 Å². The molecule has 0 spiro atoms. The molecule has 138 valence electrons. The van der Waals surface area contributed by atoms with Gasteiger partial charge in [0.15, 0.2) is 0 Å². The number of benzene rings is 2. The smallest absolute Gasteiger partial charge is 0.246 e. The summed E-state index contributed by atoms with van der Waals surface area (Å²) in [5, 5.41) is 8.84. The van der Waals surface area contributed by atoms with Crippen LogP contribution in [0.3, 0.4) is 0 Å². The molecule has 0 aromatic heterocycles. The van der Waals surface area contributed by atoms with E-state index in [1.807, 2.05) is 61.5 Å². The van der Waals surface area contributed by atoms with Gasteiger partial charge in [-0.1, -0.05) is 42.5 Å². The maximum absolute atomic E-state index is 12.9. The van der Waals surface area contributed by atoms with Crippen LogP contribution in [0.2, 0.25) is 0 Å². The Hall–Kier alpha value is -2.86. The van der Waals surface area contributed by atoms with Gasteiger partial charge in [-0.15, -0.1) is 0 Å². The quantitative estimate of drug-likeness (QED) is 0.604. The lowest BCUT2D eigenvalue weighted by molar-refractivity contribution is -0.119. The van der Waals surface area contributed by atoms with Crippen molar-refractivity contribution in [3.63, 3.8) is 0 Å². The largest absolute Gasteiger partial charge is 0.492 e. The van der Waals surface area contributed by atoms with Crippen LogP contribution < -0.4 is 20.7 Å². The third-order valence-corrected chi connectivity index (χ3v) is 3.69. The number of amides is 2. The third-order valence-electron chi connectivity index (χ3n) is 3.69. The SMILES string of the molecule is CCOc1ccccc1NC(=O)[C@H](NCCNC(C)=O)c1ccccc1. The van der Waals surface area contributed by atoms with E-state index in [2.05, 4.69) is 16.0 Å². The highest BCUT2D eigenvalue weighted by atomic mass is 16.5. The van der Waals surface area contributed by atoms with Crippen LogP contribution in [0.15, 0.2) is 54.6 Å². The molecule has 0 saturated heterocycles. The molecule has 0 radical (unpaired) electrons. The Balaban J connectivity index is 2.11.